The molecule has 1 aromatic rings. The third-order valence-electron chi connectivity index (χ3n) is 3.00. The molecule has 0 unspecified atom stereocenters. The second kappa shape index (κ2) is 6.30. The van der Waals surface area contributed by atoms with Gasteiger partial charge in [0.2, 0.25) is 5.91 Å². The summed E-state index contributed by atoms with van der Waals surface area (Å²) in [6.07, 6.45) is 3.11. The topological polar surface area (TPSA) is 76.1 Å². The van der Waals surface area contributed by atoms with Crippen molar-refractivity contribution >= 4 is 17.5 Å². The molecule has 2 N–H and O–H groups in total. The molecule has 18 heavy (non-hydrogen) atoms. The Kier molecular flexibility index (Phi) is 4.46. The van der Waals surface area contributed by atoms with Gasteiger partial charge in [-0.05, 0) is 25.0 Å². The molecule has 0 saturated heterocycles. The maximum Gasteiger partial charge on any atom is 0.228 e. The van der Waals surface area contributed by atoms with E-state index in [-0.39, 0.29) is 11.8 Å². The summed E-state index contributed by atoms with van der Waals surface area (Å²) in [4.78, 5) is 11.7. The molecule has 0 spiro atoms. The summed E-state index contributed by atoms with van der Waals surface area (Å²) in [5, 5.41) is 13.8. The number of methoxy groups -OCH3 is 1. The van der Waals surface area contributed by atoms with Crippen molar-refractivity contribution in [3.05, 3.63) is 12.1 Å². The smallest absolute Gasteiger partial charge is 0.228 e. The second-order valence-electron chi connectivity index (χ2n) is 4.34. The molecule has 1 amide bonds. The van der Waals surface area contributed by atoms with Crippen LogP contribution in [0.5, 0.6) is 0 Å². The summed E-state index contributed by atoms with van der Waals surface area (Å²) >= 11 is 0. The molecule has 1 saturated carbocycles. The Balaban J connectivity index is 1.81. The molecule has 1 aliphatic rings. The molecule has 1 aromatic heterocycles. The van der Waals surface area contributed by atoms with Crippen molar-refractivity contribution in [3.63, 3.8) is 0 Å². The molecule has 0 radical (unpaired) electrons. The fourth-order valence-electron chi connectivity index (χ4n) is 1.67. The van der Waals surface area contributed by atoms with E-state index in [1.165, 1.54) is 0 Å². The van der Waals surface area contributed by atoms with Gasteiger partial charge in [-0.1, -0.05) is 6.42 Å². The number of hydrogen-bond acceptors (Lipinski definition) is 5. The first-order valence-electron chi connectivity index (χ1n) is 6.17. The van der Waals surface area contributed by atoms with E-state index in [4.69, 9.17) is 4.74 Å². The highest BCUT2D eigenvalue weighted by Crippen LogP contribution is 2.27. The van der Waals surface area contributed by atoms with Crippen LogP contribution >= 0.6 is 0 Å². The van der Waals surface area contributed by atoms with Crippen molar-refractivity contribution in [2.24, 2.45) is 5.92 Å². The Labute approximate surface area is 106 Å². The zero-order valence-electron chi connectivity index (χ0n) is 10.5. The molecule has 1 aliphatic carbocycles. The zero-order valence-corrected chi connectivity index (χ0v) is 10.5. The first kappa shape index (κ1) is 12.8. The van der Waals surface area contributed by atoms with Crippen molar-refractivity contribution in [3.8, 4) is 0 Å². The highest BCUT2D eigenvalue weighted by Gasteiger charge is 2.25. The van der Waals surface area contributed by atoms with Gasteiger partial charge < -0.3 is 15.4 Å². The number of aromatic nitrogens is 2. The Morgan fingerprint density at radius 1 is 1.39 bits per heavy atom. The van der Waals surface area contributed by atoms with Crippen molar-refractivity contribution in [2.75, 3.05) is 30.9 Å². The van der Waals surface area contributed by atoms with Gasteiger partial charge in [-0.15, -0.1) is 10.2 Å². The van der Waals surface area contributed by atoms with Crippen LogP contribution in [0.4, 0.5) is 11.6 Å². The largest absolute Gasteiger partial charge is 0.383 e. The second-order valence-corrected chi connectivity index (χ2v) is 4.34. The fourth-order valence-corrected chi connectivity index (χ4v) is 1.67. The molecule has 0 bridgehead atoms. The standard InChI is InChI=1S/C12H18N4O2/c1-18-8-7-13-10-5-6-11(16-15-10)14-12(17)9-3-2-4-9/h5-6,9H,2-4,7-8H2,1H3,(H,13,15)(H,14,16,17). The van der Waals surface area contributed by atoms with Crippen LogP contribution in [-0.4, -0.2) is 36.4 Å². The molecule has 6 heteroatoms. The number of nitrogens with zero attached hydrogens (tertiary/aromatic N) is 2. The SMILES string of the molecule is COCCNc1ccc(NC(=O)C2CCC2)nn1. The molecular weight excluding hydrogens is 232 g/mol. The van der Waals surface area contributed by atoms with Crippen LogP contribution in [0.2, 0.25) is 0 Å². The summed E-state index contributed by atoms with van der Waals surface area (Å²) in [5.74, 6) is 1.39. The summed E-state index contributed by atoms with van der Waals surface area (Å²) in [5.41, 5.74) is 0. The Morgan fingerprint density at radius 2 is 2.11 bits per heavy atom. The maximum absolute atomic E-state index is 11.7. The van der Waals surface area contributed by atoms with Gasteiger partial charge >= 0.3 is 0 Å². The van der Waals surface area contributed by atoms with Gasteiger partial charge in [0.05, 0.1) is 6.61 Å². The molecule has 0 atom stereocenters. The minimum absolute atomic E-state index is 0.0515. The van der Waals surface area contributed by atoms with Gasteiger partial charge in [-0.2, -0.15) is 0 Å². The fraction of sp³-hybridized carbons (Fsp3) is 0.583. The Morgan fingerprint density at radius 3 is 2.67 bits per heavy atom. The number of amides is 1. The number of anilines is 2. The van der Waals surface area contributed by atoms with Gasteiger partial charge in [-0.3, -0.25) is 4.79 Å². The molecule has 98 valence electrons. The van der Waals surface area contributed by atoms with Crippen molar-refractivity contribution in [2.45, 2.75) is 19.3 Å². The highest BCUT2D eigenvalue weighted by molar-refractivity contribution is 5.92. The molecule has 0 aromatic carbocycles. The lowest BCUT2D eigenvalue weighted by atomic mass is 9.85. The predicted molar refractivity (Wildman–Crippen MR) is 68.4 cm³/mol. The van der Waals surface area contributed by atoms with Gasteiger partial charge in [0.1, 0.15) is 5.82 Å². The average molecular weight is 250 g/mol. The van der Waals surface area contributed by atoms with Crippen LogP contribution in [0.25, 0.3) is 0 Å². The lowest BCUT2D eigenvalue weighted by Crippen LogP contribution is -2.28. The Hall–Kier alpha value is -1.69. The predicted octanol–water partition coefficient (Wildman–Crippen LogP) is 1.27. The van der Waals surface area contributed by atoms with Gasteiger partial charge in [0, 0.05) is 19.6 Å². The minimum atomic E-state index is 0.0515. The van der Waals surface area contributed by atoms with Gasteiger partial charge in [0.15, 0.2) is 5.82 Å². The van der Waals surface area contributed by atoms with E-state index in [9.17, 15) is 4.79 Å². The summed E-state index contributed by atoms with van der Waals surface area (Å²) in [7, 11) is 1.65. The lowest BCUT2D eigenvalue weighted by Gasteiger charge is -2.23. The number of ether oxygens (including phenoxy) is 1. The van der Waals surface area contributed by atoms with E-state index in [0.29, 0.717) is 24.8 Å². The third-order valence-corrected chi connectivity index (χ3v) is 3.00. The molecule has 1 fully saturated rings. The molecule has 2 rings (SSSR count). The quantitative estimate of drug-likeness (QED) is 0.744. The summed E-state index contributed by atoms with van der Waals surface area (Å²) in [6.45, 7) is 1.29. The van der Waals surface area contributed by atoms with E-state index in [1.54, 1.807) is 19.2 Å². The maximum atomic E-state index is 11.7. The summed E-state index contributed by atoms with van der Waals surface area (Å²) < 4.78 is 4.92. The van der Waals surface area contributed by atoms with E-state index < -0.39 is 0 Å². The van der Waals surface area contributed by atoms with E-state index in [0.717, 1.165) is 19.3 Å². The molecule has 6 nitrogen and oxygen atoms in total. The van der Waals surface area contributed by atoms with Crippen LogP contribution < -0.4 is 10.6 Å². The van der Waals surface area contributed by atoms with Crippen molar-refractivity contribution in [1.82, 2.24) is 10.2 Å². The van der Waals surface area contributed by atoms with Crippen molar-refractivity contribution < 1.29 is 9.53 Å². The summed E-state index contributed by atoms with van der Waals surface area (Å²) in [6, 6.07) is 3.54. The van der Waals surface area contributed by atoms with E-state index in [2.05, 4.69) is 20.8 Å². The number of nitrogens with one attached hydrogen (secondary N) is 2. The van der Waals surface area contributed by atoms with Crippen LogP contribution in [0.15, 0.2) is 12.1 Å². The van der Waals surface area contributed by atoms with Crippen molar-refractivity contribution in [1.29, 1.82) is 0 Å². The highest BCUT2D eigenvalue weighted by atomic mass is 16.5. The number of hydrogen-bond donors (Lipinski definition) is 2. The molecule has 0 aliphatic heterocycles. The number of carbonyl (C=O) groups is 1. The normalized spacial score (nSPS) is 14.9. The first-order valence-corrected chi connectivity index (χ1v) is 6.17. The van der Waals surface area contributed by atoms with Crippen LogP contribution in [0.3, 0.4) is 0 Å². The van der Waals surface area contributed by atoms with Gasteiger partial charge in [0.25, 0.3) is 0 Å². The van der Waals surface area contributed by atoms with E-state index >= 15 is 0 Å². The molecule has 1 heterocycles. The monoisotopic (exact) mass is 250 g/mol. The minimum Gasteiger partial charge on any atom is -0.383 e. The van der Waals surface area contributed by atoms with Crippen LogP contribution in [-0.2, 0) is 9.53 Å². The van der Waals surface area contributed by atoms with E-state index in [1.807, 2.05) is 0 Å². The number of rotatable bonds is 6. The number of carbonyl (C=O) groups excluding carboxylic acids is 1. The zero-order chi connectivity index (χ0) is 12.8. The third kappa shape index (κ3) is 3.40. The molecular formula is C12H18N4O2. The van der Waals surface area contributed by atoms with Crippen LogP contribution in [0.1, 0.15) is 19.3 Å². The van der Waals surface area contributed by atoms with Gasteiger partial charge in [-0.25, -0.2) is 0 Å². The Bertz CT molecular complexity index is 390. The first-order chi connectivity index (χ1) is 8.79. The average Bonchev–Trinajstić information content (AvgIpc) is 2.29. The van der Waals surface area contributed by atoms with Crippen LogP contribution in [0, 0.1) is 5.92 Å². The lowest BCUT2D eigenvalue weighted by molar-refractivity contribution is -0.122.